The van der Waals surface area contributed by atoms with Gasteiger partial charge in [-0.3, -0.25) is 0 Å². The van der Waals surface area contributed by atoms with Gasteiger partial charge >= 0.3 is 5.97 Å². The van der Waals surface area contributed by atoms with Crippen molar-refractivity contribution in [2.45, 2.75) is 36.9 Å². The van der Waals surface area contributed by atoms with Gasteiger partial charge in [0, 0.05) is 5.02 Å². The summed E-state index contributed by atoms with van der Waals surface area (Å²) in [5.74, 6) is -1.08. The van der Waals surface area contributed by atoms with Crippen LogP contribution in [0.4, 0.5) is 0 Å². The van der Waals surface area contributed by atoms with E-state index in [4.69, 9.17) is 35.6 Å². The van der Waals surface area contributed by atoms with E-state index in [-0.39, 0.29) is 6.42 Å². The highest BCUT2D eigenvalue weighted by molar-refractivity contribution is 6.30. The van der Waals surface area contributed by atoms with Crippen LogP contribution in [0.15, 0.2) is 60.2 Å². The SMILES string of the molecule is COc1ccc(C2O[C@]34CC(c5cccc(Cl)c5)OC(=O)C3=C[C@@]2(C)OO4)cc1. The fraction of sp³-hybridized carbons (Fsp3) is 0.318. The van der Waals surface area contributed by atoms with Crippen LogP contribution in [0.1, 0.15) is 36.7 Å². The lowest BCUT2D eigenvalue weighted by atomic mass is 9.81. The van der Waals surface area contributed by atoms with Crippen molar-refractivity contribution in [3.05, 3.63) is 76.3 Å². The number of hydrogen-bond donors (Lipinski definition) is 0. The molecule has 2 saturated heterocycles. The molecule has 0 amide bonds. The molecule has 29 heavy (non-hydrogen) atoms. The lowest BCUT2D eigenvalue weighted by Gasteiger charge is -2.54. The van der Waals surface area contributed by atoms with E-state index in [2.05, 4.69) is 0 Å². The zero-order valence-electron chi connectivity index (χ0n) is 15.9. The predicted molar refractivity (Wildman–Crippen MR) is 103 cm³/mol. The highest BCUT2D eigenvalue weighted by Crippen LogP contribution is 2.55. The number of ether oxygens (including phenoxy) is 3. The molecule has 0 aromatic heterocycles. The van der Waals surface area contributed by atoms with Gasteiger partial charge in [0.25, 0.3) is 0 Å². The van der Waals surface area contributed by atoms with E-state index < -0.39 is 29.6 Å². The molecule has 1 spiro atoms. The Hall–Kier alpha value is -2.38. The fourth-order valence-corrected chi connectivity index (χ4v) is 4.29. The van der Waals surface area contributed by atoms with Gasteiger partial charge in [-0.2, -0.15) is 4.89 Å². The second-order valence-electron chi connectivity index (χ2n) is 7.59. The first kappa shape index (κ1) is 18.6. The van der Waals surface area contributed by atoms with Crippen LogP contribution in [0, 0.1) is 0 Å². The number of rotatable bonds is 3. The molecule has 2 bridgehead atoms. The molecule has 7 heteroatoms. The Kier molecular flexibility index (Phi) is 4.22. The van der Waals surface area contributed by atoms with Crippen LogP contribution < -0.4 is 4.74 Å². The van der Waals surface area contributed by atoms with Crippen molar-refractivity contribution in [3.63, 3.8) is 0 Å². The fourth-order valence-electron chi connectivity index (χ4n) is 4.09. The lowest BCUT2D eigenvalue weighted by Crippen LogP contribution is -2.61. The van der Waals surface area contributed by atoms with Gasteiger partial charge in [0.15, 0.2) is 5.60 Å². The standard InChI is InChI=1S/C22H19ClO6/c1-21-11-17-20(24)26-18(14-4-3-5-15(23)10-14)12-22(17,29-28-21)27-19(21)13-6-8-16(25-2)9-7-13/h3-11,18-19H,12H2,1-2H3/t18?,19?,21-,22+/m1/s1. The molecule has 2 aromatic carbocycles. The molecule has 6 rings (SSSR count). The summed E-state index contributed by atoms with van der Waals surface area (Å²) in [4.78, 5) is 24.2. The monoisotopic (exact) mass is 414 g/mol. The van der Waals surface area contributed by atoms with Crippen molar-refractivity contribution >= 4 is 17.6 Å². The van der Waals surface area contributed by atoms with E-state index in [1.54, 1.807) is 25.3 Å². The summed E-state index contributed by atoms with van der Waals surface area (Å²) in [7, 11) is 1.62. The highest BCUT2D eigenvalue weighted by atomic mass is 35.5. The van der Waals surface area contributed by atoms with E-state index in [1.165, 1.54) is 0 Å². The molecule has 4 heterocycles. The molecule has 4 atom stereocenters. The van der Waals surface area contributed by atoms with Crippen LogP contribution in [-0.2, 0) is 24.0 Å². The summed E-state index contributed by atoms with van der Waals surface area (Å²) in [6, 6.07) is 14.7. The van der Waals surface area contributed by atoms with Crippen molar-refractivity contribution in [1.29, 1.82) is 0 Å². The summed E-state index contributed by atoms with van der Waals surface area (Å²) in [5.41, 5.74) is 1.03. The van der Waals surface area contributed by atoms with Crippen molar-refractivity contribution in [1.82, 2.24) is 0 Å². The zero-order valence-corrected chi connectivity index (χ0v) is 16.6. The van der Waals surface area contributed by atoms with E-state index in [0.29, 0.717) is 10.6 Å². The van der Waals surface area contributed by atoms with Crippen molar-refractivity contribution in [3.8, 4) is 5.75 Å². The van der Waals surface area contributed by atoms with Gasteiger partial charge in [0.2, 0.25) is 5.79 Å². The smallest absolute Gasteiger partial charge is 0.340 e. The van der Waals surface area contributed by atoms with E-state index in [9.17, 15) is 4.79 Å². The molecule has 4 aliphatic rings. The van der Waals surface area contributed by atoms with E-state index >= 15 is 0 Å². The third-order valence-corrected chi connectivity index (χ3v) is 5.82. The molecular weight excluding hydrogens is 396 g/mol. The Balaban J connectivity index is 1.52. The Morgan fingerprint density at radius 3 is 2.62 bits per heavy atom. The summed E-state index contributed by atoms with van der Waals surface area (Å²) in [6.45, 7) is 1.81. The Morgan fingerprint density at radius 2 is 1.90 bits per heavy atom. The number of halogens is 1. The molecule has 2 fully saturated rings. The molecule has 2 unspecified atom stereocenters. The summed E-state index contributed by atoms with van der Waals surface area (Å²) in [5, 5.41) is 0.562. The third kappa shape index (κ3) is 2.95. The van der Waals surface area contributed by atoms with E-state index in [0.717, 1.165) is 16.9 Å². The number of hydrogen-bond acceptors (Lipinski definition) is 6. The van der Waals surface area contributed by atoms with E-state index in [1.807, 2.05) is 43.3 Å². The number of cyclic esters (lactones) is 1. The molecule has 0 N–H and O–H groups in total. The summed E-state index contributed by atoms with van der Waals surface area (Å²) < 4.78 is 17.3. The van der Waals surface area contributed by atoms with Crippen molar-refractivity contribution in [2.75, 3.05) is 7.11 Å². The first-order valence-electron chi connectivity index (χ1n) is 9.31. The third-order valence-electron chi connectivity index (χ3n) is 5.59. The molecule has 6 nitrogen and oxygen atoms in total. The zero-order chi connectivity index (χ0) is 20.2. The topological polar surface area (TPSA) is 63.2 Å². The van der Waals surface area contributed by atoms with Crippen LogP contribution >= 0.6 is 11.6 Å². The van der Waals surface area contributed by atoms with Gasteiger partial charge in [-0.25, -0.2) is 9.68 Å². The van der Waals surface area contributed by atoms with Crippen LogP contribution in [0.5, 0.6) is 5.75 Å². The van der Waals surface area contributed by atoms with Gasteiger partial charge in [0.05, 0.1) is 19.1 Å². The predicted octanol–water partition coefficient (Wildman–Crippen LogP) is 4.45. The first-order valence-corrected chi connectivity index (χ1v) is 9.69. The number of fused-ring (bicyclic) bond motifs is 2. The molecule has 0 radical (unpaired) electrons. The molecule has 150 valence electrons. The number of esters is 1. The molecule has 4 aliphatic heterocycles. The second kappa shape index (κ2) is 6.57. The Bertz CT molecular complexity index is 1000. The number of carbonyl (C=O) groups is 1. The normalized spacial score (nSPS) is 32.9. The maximum Gasteiger partial charge on any atom is 0.340 e. The van der Waals surface area contributed by atoms with Crippen LogP contribution in [0.25, 0.3) is 0 Å². The number of methoxy groups -OCH3 is 1. The highest BCUT2D eigenvalue weighted by Gasteiger charge is 2.63. The van der Waals surface area contributed by atoms with Gasteiger partial charge in [-0.05, 0) is 48.4 Å². The number of carbonyl (C=O) groups excluding carboxylic acids is 1. The van der Waals surface area contributed by atoms with Crippen molar-refractivity contribution in [2.24, 2.45) is 0 Å². The molecule has 0 aliphatic carbocycles. The summed E-state index contributed by atoms with van der Waals surface area (Å²) >= 11 is 6.11. The average molecular weight is 415 g/mol. The second-order valence-corrected chi connectivity index (χ2v) is 8.02. The largest absolute Gasteiger partial charge is 0.497 e. The lowest BCUT2D eigenvalue weighted by molar-refractivity contribution is -0.523. The first-order chi connectivity index (χ1) is 13.9. The Labute approximate surface area is 172 Å². The molecular formula is C22H19ClO6. The van der Waals surface area contributed by atoms with Crippen molar-refractivity contribution < 1.29 is 28.8 Å². The quantitative estimate of drug-likeness (QED) is 0.546. The van der Waals surface area contributed by atoms with Gasteiger partial charge < -0.3 is 14.2 Å². The maximum atomic E-state index is 12.8. The van der Waals surface area contributed by atoms with Gasteiger partial charge in [0.1, 0.15) is 18.0 Å². The minimum atomic E-state index is -1.34. The molecule has 2 aromatic rings. The average Bonchev–Trinajstić information content (AvgIpc) is 2.73. The minimum Gasteiger partial charge on any atom is -0.497 e. The number of benzene rings is 2. The Morgan fingerprint density at radius 1 is 1.10 bits per heavy atom. The summed E-state index contributed by atoms with van der Waals surface area (Å²) in [6.07, 6.45) is 0.983. The van der Waals surface area contributed by atoms with Gasteiger partial charge in [-0.1, -0.05) is 35.9 Å². The van der Waals surface area contributed by atoms with Crippen LogP contribution in [0.2, 0.25) is 5.02 Å². The van der Waals surface area contributed by atoms with Gasteiger partial charge in [-0.15, -0.1) is 0 Å². The minimum absolute atomic E-state index is 0.258. The maximum absolute atomic E-state index is 12.8. The van der Waals surface area contributed by atoms with Crippen LogP contribution in [0.3, 0.4) is 0 Å². The van der Waals surface area contributed by atoms with Crippen LogP contribution in [-0.4, -0.2) is 24.5 Å². The molecule has 0 saturated carbocycles.